The van der Waals surface area contributed by atoms with Crippen LogP contribution in [0.3, 0.4) is 0 Å². The molecule has 0 N–H and O–H groups in total. The molecule has 0 aliphatic carbocycles. The zero-order valence-corrected chi connectivity index (χ0v) is 51.2. The molecule has 2 aromatic carbocycles. The molecule has 0 saturated heterocycles. The van der Waals surface area contributed by atoms with Gasteiger partial charge in [0.15, 0.2) is 0 Å². The van der Waals surface area contributed by atoms with Crippen molar-refractivity contribution >= 4 is 47.8 Å². The van der Waals surface area contributed by atoms with Gasteiger partial charge in [-0.15, -0.1) is 0 Å². The number of ether oxygens (including phenoxy) is 2. The van der Waals surface area contributed by atoms with Gasteiger partial charge in [-0.1, -0.05) is 295 Å². The summed E-state index contributed by atoms with van der Waals surface area (Å²) >= 11 is 0. The second-order valence-electron chi connectivity index (χ2n) is 19.6. The van der Waals surface area contributed by atoms with E-state index in [9.17, 15) is 29.4 Å². The number of rotatable bonds is 44. The number of hydrogen-bond donors (Lipinski definition) is 0. The molecular formula is C66H108O8Sn. The zero-order valence-electron chi connectivity index (χ0n) is 48.4. The van der Waals surface area contributed by atoms with Crippen LogP contribution in [0.4, 0.5) is 0 Å². The van der Waals surface area contributed by atoms with E-state index in [1.165, 1.54) is 217 Å². The summed E-state index contributed by atoms with van der Waals surface area (Å²) in [6.07, 6.45) is 56.7. The topological polar surface area (TPSA) is 133 Å². The summed E-state index contributed by atoms with van der Waals surface area (Å²) < 4.78 is 10.4. The van der Waals surface area contributed by atoms with E-state index in [1.807, 2.05) is 0 Å². The second kappa shape index (κ2) is 61.5. The second-order valence-corrected chi connectivity index (χ2v) is 19.6. The normalized spacial score (nSPS) is 10.6. The fourth-order valence-electron chi connectivity index (χ4n) is 8.04. The standard InChI is InChI=1S/2C25H38O4.2C8H17.Sn/c2*1-2-3-4-5-6-7-8-9-10-11-12-13-14-15-18-21-29-25(28)23-20-17-16-19-22(23)24(26)27;2*1-3-5-7-8-6-4-2;/h2*5-6,16-17,19-20H,2-4,7-15,18,21H2,1H3,(H,26,27);2*1,3-8H2,2H3;/q;;;;+2/p-2/b2*6-5+;;;. The van der Waals surface area contributed by atoms with Crippen LogP contribution in [0.1, 0.15) is 313 Å². The van der Waals surface area contributed by atoms with Crippen LogP contribution in [0.5, 0.6) is 0 Å². The van der Waals surface area contributed by atoms with Crippen molar-refractivity contribution in [1.29, 1.82) is 0 Å². The predicted molar refractivity (Wildman–Crippen MR) is 315 cm³/mol. The van der Waals surface area contributed by atoms with E-state index in [1.54, 1.807) is 24.3 Å². The van der Waals surface area contributed by atoms with Crippen LogP contribution in [0, 0.1) is 13.8 Å². The molecule has 0 bridgehead atoms. The van der Waals surface area contributed by atoms with Gasteiger partial charge in [0, 0.05) is 11.1 Å². The Morgan fingerprint density at radius 2 is 0.600 bits per heavy atom. The molecule has 0 heterocycles. The van der Waals surface area contributed by atoms with Gasteiger partial charge in [0.25, 0.3) is 0 Å². The summed E-state index contributed by atoms with van der Waals surface area (Å²) in [5.41, 5.74) is -0.122. The van der Waals surface area contributed by atoms with E-state index in [0.29, 0.717) is 13.2 Å². The van der Waals surface area contributed by atoms with Crippen molar-refractivity contribution in [2.24, 2.45) is 0 Å². The third-order valence-electron chi connectivity index (χ3n) is 12.7. The zero-order chi connectivity index (χ0) is 54.8. The van der Waals surface area contributed by atoms with Crippen LogP contribution in [-0.4, -0.2) is 61.0 Å². The number of benzene rings is 2. The van der Waals surface area contributed by atoms with Crippen LogP contribution in [0.25, 0.3) is 0 Å². The molecule has 0 fully saturated rings. The molecule has 0 aliphatic rings. The maximum atomic E-state index is 12.0. The Kier molecular flexibility index (Phi) is 62.1. The van der Waals surface area contributed by atoms with Gasteiger partial charge >= 0.3 is 35.8 Å². The van der Waals surface area contributed by atoms with Gasteiger partial charge in [-0.3, -0.25) is 0 Å². The minimum atomic E-state index is -1.36. The first-order valence-electron chi connectivity index (χ1n) is 30.0. The van der Waals surface area contributed by atoms with Gasteiger partial charge in [0.1, 0.15) is 0 Å². The van der Waals surface area contributed by atoms with Crippen LogP contribution in [0.2, 0.25) is 0 Å². The van der Waals surface area contributed by atoms with E-state index in [-0.39, 0.29) is 46.2 Å². The van der Waals surface area contributed by atoms with Crippen molar-refractivity contribution in [3.05, 3.63) is 109 Å². The quantitative estimate of drug-likeness (QED) is 0.0277. The van der Waals surface area contributed by atoms with Crippen LogP contribution >= 0.6 is 0 Å². The molecule has 0 amide bonds. The Labute approximate surface area is 477 Å². The molecule has 4 radical (unpaired) electrons. The smallest absolute Gasteiger partial charge is 0.545 e. The summed E-state index contributed by atoms with van der Waals surface area (Å²) in [5.74, 6) is -3.91. The first-order valence-corrected chi connectivity index (χ1v) is 30.0. The van der Waals surface area contributed by atoms with Crippen LogP contribution in [0.15, 0.2) is 72.8 Å². The van der Waals surface area contributed by atoms with Gasteiger partial charge in [-0.05, 0) is 63.5 Å². The van der Waals surface area contributed by atoms with E-state index in [4.69, 9.17) is 9.47 Å². The summed E-state index contributed by atoms with van der Waals surface area (Å²) in [4.78, 5) is 46.1. The number of esters is 2. The summed E-state index contributed by atoms with van der Waals surface area (Å²) in [7, 11) is 0. The van der Waals surface area contributed by atoms with Crippen LogP contribution in [-0.2, 0) is 9.47 Å². The summed E-state index contributed by atoms with van der Waals surface area (Å²) in [6.45, 7) is 17.2. The average Bonchev–Trinajstić information content (AvgIpc) is 3.41. The number of unbranched alkanes of at least 4 members (excludes halogenated alkanes) is 32. The third-order valence-corrected chi connectivity index (χ3v) is 12.7. The van der Waals surface area contributed by atoms with Gasteiger partial charge in [0.05, 0.1) is 36.3 Å². The molecule has 2 aromatic rings. The number of carbonyl (C=O) groups excluding carboxylic acids is 4. The molecule has 0 atom stereocenters. The first-order chi connectivity index (χ1) is 36.2. The van der Waals surface area contributed by atoms with Crippen molar-refractivity contribution in [1.82, 2.24) is 0 Å². The molecule has 0 aromatic heterocycles. The molecule has 2 rings (SSSR count). The Morgan fingerprint density at radius 1 is 0.360 bits per heavy atom. The SMILES string of the molecule is CCCC/C=C/CCCCCCCCCCCOC(=O)c1ccccc1C(=O)[O-].CCCC/C=C/CCCCCCCCCCCOC(=O)c1ccccc1C(=O)[O-].[CH2]CCCCCCC.[CH2]CCCCCCC.[Sn+2]. The maximum absolute atomic E-state index is 12.0. The van der Waals surface area contributed by atoms with Gasteiger partial charge in [-0.25, -0.2) is 9.59 Å². The van der Waals surface area contributed by atoms with E-state index in [0.717, 1.165) is 51.4 Å². The van der Waals surface area contributed by atoms with E-state index >= 15 is 0 Å². The minimum absolute atomic E-state index is 0. The van der Waals surface area contributed by atoms with Crippen molar-refractivity contribution in [2.75, 3.05) is 13.2 Å². The molecule has 0 aliphatic heterocycles. The maximum Gasteiger partial charge on any atom is 2.00 e. The Balaban J connectivity index is -0.00000106. The Bertz CT molecular complexity index is 1510. The Hall–Kier alpha value is -3.40. The molecule has 0 saturated carbocycles. The molecule has 75 heavy (non-hydrogen) atoms. The minimum Gasteiger partial charge on any atom is -0.545 e. The number of allylic oxidation sites excluding steroid dienone is 4. The molecule has 0 spiro atoms. The van der Waals surface area contributed by atoms with Gasteiger partial charge < -0.3 is 29.3 Å². The summed E-state index contributed by atoms with van der Waals surface area (Å²) in [6, 6.07) is 12.0. The number of carbonyl (C=O) groups is 4. The number of carboxylic acids is 2. The van der Waals surface area contributed by atoms with Gasteiger partial charge in [-0.2, -0.15) is 0 Å². The molecule has 8 nitrogen and oxygen atoms in total. The van der Waals surface area contributed by atoms with Crippen molar-refractivity contribution in [2.45, 2.75) is 272 Å². The number of hydrogen-bond acceptors (Lipinski definition) is 8. The fourth-order valence-corrected chi connectivity index (χ4v) is 8.04. The van der Waals surface area contributed by atoms with Gasteiger partial charge in [0.2, 0.25) is 0 Å². The van der Waals surface area contributed by atoms with Crippen molar-refractivity contribution < 1.29 is 38.9 Å². The molecule has 424 valence electrons. The number of aromatic carboxylic acids is 2. The molecular weight excluding hydrogens is 1040 g/mol. The fraction of sp³-hybridized carbons (Fsp3) is 0.667. The third kappa shape index (κ3) is 51.1. The summed E-state index contributed by atoms with van der Waals surface area (Å²) in [5, 5.41) is 22.1. The largest absolute Gasteiger partial charge is 2.00 e. The van der Waals surface area contributed by atoms with E-state index < -0.39 is 23.9 Å². The molecule has 0 unspecified atom stereocenters. The van der Waals surface area contributed by atoms with Crippen molar-refractivity contribution in [3.8, 4) is 0 Å². The van der Waals surface area contributed by atoms with E-state index in [2.05, 4.69) is 65.8 Å². The van der Waals surface area contributed by atoms with Crippen molar-refractivity contribution in [3.63, 3.8) is 0 Å². The first kappa shape index (κ1) is 75.8. The number of carboxylic acid groups (broad SMARTS) is 2. The van der Waals surface area contributed by atoms with Crippen LogP contribution < -0.4 is 10.2 Å². The predicted octanol–water partition coefficient (Wildman–Crippen LogP) is 17.7. The Morgan fingerprint density at radius 3 is 0.880 bits per heavy atom. The average molecular weight is 1150 g/mol. The monoisotopic (exact) mass is 1150 g/mol. The molecule has 9 heteroatoms.